The average molecular weight is 348 g/mol. The van der Waals surface area contributed by atoms with Gasteiger partial charge in [0.15, 0.2) is 5.82 Å². The zero-order valence-electron chi connectivity index (χ0n) is 10.1. The molecule has 0 fully saturated rings. The summed E-state index contributed by atoms with van der Waals surface area (Å²) in [6.07, 6.45) is 0. The highest BCUT2D eigenvalue weighted by atomic mass is 35.5. The summed E-state index contributed by atoms with van der Waals surface area (Å²) in [5, 5.41) is 22.2. The van der Waals surface area contributed by atoms with Gasteiger partial charge < -0.3 is 10.9 Å². The van der Waals surface area contributed by atoms with Crippen molar-refractivity contribution in [1.29, 1.82) is 0 Å². The third-order valence-corrected chi connectivity index (χ3v) is 4.29. The predicted molar refractivity (Wildman–Crippen MR) is 80.4 cm³/mol. The molecule has 0 radical (unpaired) electrons. The molecule has 0 aliphatic heterocycles. The van der Waals surface area contributed by atoms with E-state index in [9.17, 15) is 0 Å². The van der Waals surface area contributed by atoms with E-state index in [2.05, 4.69) is 15.2 Å². The maximum Gasteiger partial charge on any atom is 0.291 e. The number of nitrogens with two attached hydrogens (primary N) is 1. The fourth-order valence-corrected chi connectivity index (χ4v) is 3.50. The molecule has 11 heteroatoms. The lowest BCUT2D eigenvalue weighted by Crippen LogP contribution is -1.85. The molecule has 0 aliphatic carbocycles. The minimum atomic E-state index is -1.50. The van der Waals surface area contributed by atoms with Crippen LogP contribution in [0.2, 0.25) is 10.0 Å². The summed E-state index contributed by atoms with van der Waals surface area (Å²) in [6.45, 7) is 0. The van der Waals surface area contributed by atoms with E-state index in [1.807, 2.05) is 12.1 Å². The van der Waals surface area contributed by atoms with Gasteiger partial charge in [0.2, 0.25) is 5.95 Å². The van der Waals surface area contributed by atoms with E-state index in [1.54, 1.807) is 6.07 Å². The summed E-state index contributed by atoms with van der Waals surface area (Å²) in [6, 6.07) is 5.65. The molecule has 0 spiro atoms. The minimum absolute atomic E-state index is 0.194. The van der Waals surface area contributed by atoms with Crippen molar-refractivity contribution in [3.63, 3.8) is 0 Å². The third-order valence-electron chi connectivity index (χ3n) is 2.32. The van der Waals surface area contributed by atoms with Crippen molar-refractivity contribution in [2.45, 2.75) is 0 Å². The van der Waals surface area contributed by atoms with Gasteiger partial charge in [-0.15, -0.1) is 26.5 Å². The van der Waals surface area contributed by atoms with Crippen LogP contribution in [0.5, 0.6) is 0 Å². The molecule has 0 amide bonds. The lowest BCUT2D eigenvalue weighted by molar-refractivity contribution is -0.742. The normalized spacial score (nSPS) is 10.2. The van der Waals surface area contributed by atoms with Crippen LogP contribution in [0.15, 0.2) is 18.2 Å². The number of rotatable bonds is 1. The van der Waals surface area contributed by atoms with Crippen LogP contribution in [0.3, 0.4) is 0 Å². The van der Waals surface area contributed by atoms with Crippen LogP contribution in [0.4, 0.5) is 5.95 Å². The third kappa shape index (κ3) is 3.32. The molecule has 0 bridgehead atoms. The van der Waals surface area contributed by atoms with Crippen LogP contribution in [-0.2, 0) is 0 Å². The Morgan fingerprint density at radius 1 is 1.43 bits per heavy atom. The molecule has 3 aromatic rings. The second-order valence-electron chi connectivity index (χ2n) is 3.64. The molecular weight excluding hydrogens is 341 g/mol. The molecule has 8 nitrogen and oxygen atoms in total. The molecule has 3 rings (SSSR count). The van der Waals surface area contributed by atoms with Gasteiger partial charge >= 0.3 is 0 Å². The fraction of sp³-hybridized carbons (Fsp3) is 0. The molecule has 2 aromatic heterocycles. The highest BCUT2D eigenvalue weighted by molar-refractivity contribution is 7.23. The number of anilines is 1. The van der Waals surface area contributed by atoms with Gasteiger partial charge in [0, 0.05) is 10.1 Å². The van der Waals surface area contributed by atoms with Crippen molar-refractivity contribution >= 4 is 50.6 Å². The Kier molecular flexibility index (Phi) is 4.46. The lowest BCUT2D eigenvalue weighted by Gasteiger charge is -1.93. The maximum absolute atomic E-state index is 8.36. The monoisotopic (exact) mass is 347 g/mol. The lowest BCUT2D eigenvalue weighted by atomic mass is 10.2. The fourth-order valence-electron chi connectivity index (χ4n) is 1.60. The number of thiophene rings is 1. The number of nitrogens with one attached hydrogen (secondary N) is 1. The first-order valence-electron chi connectivity index (χ1n) is 5.28. The molecule has 0 saturated carbocycles. The van der Waals surface area contributed by atoms with E-state index >= 15 is 0 Å². The number of nitrogens with zero attached hydrogens (tertiary/aromatic N) is 3. The molecule has 110 valence electrons. The molecule has 0 aliphatic rings. The smallest absolute Gasteiger partial charge is 0.291 e. The molecule has 4 N–H and O–H groups in total. The largest absolute Gasteiger partial charge is 0.366 e. The van der Waals surface area contributed by atoms with Crippen molar-refractivity contribution in [2.24, 2.45) is 0 Å². The number of H-pyrrole nitrogens is 1. The Morgan fingerprint density at radius 2 is 2.10 bits per heavy atom. The maximum atomic E-state index is 8.36. The van der Waals surface area contributed by atoms with E-state index in [0.29, 0.717) is 15.9 Å². The number of hydrogen-bond acceptors (Lipinski definition) is 6. The number of halogens is 2. The summed E-state index contributed by atoms with van der Waals surface area (Å²) < 4.78 is 1.01. The van der Waals surface area contributed by atoms with E-state index in [0.717, 1.165) is 15.0 Å². The molecule has 2 heterocycles. The number of fused-ring (bicyclic) bond motifs is 1. The SMILES string of the molecule is Nc1n[nH]c(-c2sc3cccc(Cl)c3c2Cl)n1.O=[N+]([O-])O. The van der Waals surface area contributed by atoms with Crippen molar-refractivity contribution in [3.05, 3.63) is 38.4 Å². The van der Waals surface area contributed by atoms with E-state index in [-0.39, 0.29) is 5.95 Å². The molecular formula is C10H7Cl2N5O3S. The molecule has 0 atom stereocenters. The molecule has 0 saturated heterocycles. The van der Waals surface area contributed by atoms with Gasteiger partial charge in [0.25, 0.3) is 5.09 Å². The summed E-state index contributed by atoms with van der Waals surface area (Å²) >= 11 is 13.9. The van der Waals surface area contributed by atoms with Crippen LogP contribution < -0.4 is 5.73 Å². The summed E-state index contributed by atoms with van der Waals surface area (Å²) in [4.78, 5) is 13.2. The second kappa shape index (κ2) is 6.12. The number of nitrogen functional groups attached to an aromatic ring is 1. The van der Waals surface area contributed by atoms with Gasteiger partial charge in [0.1, 0.15) is 0 Å². The summed E-state index contributed by atoms with van der Waals surface area (Å²) in [5.41, 5.74) is 5.47. The van der Waals surface area contributed by atoms with Crippen LogP contribution in [0, 0.1) is 10.1 Å². The van der Waals surface area contributed by atoms with Gasteiger partial charge in [0.05, 0.1) is 14.9 Å². The summed E-state index contributed by atoms with van der Waals surface area (Å²) in [5.74, 6) is 0.754. The molecule has 21 heavy (non-hydrogen) atoms. The molecule has 1 aromatic carbocycles. The Hall–Kier alpha value is -2.10. The minimum Gasteiger partial charge on any atom is -0.366 e. The topological polar surface area (TPSA) is 131 Å². The first-order valence-corrected chi connectivity index (χ1v) is 6.85. The van der Waals surface area contributed by atoms with Crippen molar-refractivity contribution in [2.75, 3.05) is 5.73 Å². The average Bonchev–Trinajstić information content (AvgIpc) is 2.94. The first kappa shape index (κ1) is 15.3. The number of aromatic nitrogens is 3. The van der Waals surface area contributed by atoms with Crippen LogP contribution in [0.25, 0.3) is 20.8 Å². The van der Waals surface area contributed by atoms with Crippen molar-refractivity contribution in [1.82, 2.24) is 15.2 Å². The predicted octanol–water partition coefficient (Wildman–Crippen LogP) is 3.23. The molecule has 0 unspecified atom stereocenters. The van der Waals surface area contributed by atoms with E-state index in [4.69, 9.17) is 44.3 Å². The van der Waals surface area contributed by atoms with E-state index < -0.39 is 5.09 Å². The number of benzene rings is 1. The van der Waals surface area contributed by atoms with Gasteiger partial charge in [-0.3, -0.25) is 5.10 Å². The van der Waals surface area contributed by atoms with Gasteiger partial charge in [-0.05, 0) is 12.1 Å². The van der Waals surface area contributed by atoms with Gasteiger partial charge in [-0.25, -0.2) is 0 Å². The van der Waals surface area contributed by atoms with Crippen molar-refractivity contribution in [3.8, 4) is 10.7 Å². The standard InChI is InChI=1S/C10H6Cl2N4S.HNO3/c11-4-2-1-3-5-6(4)7(12)8(17-5)9-14-10(13)16-15-9;2-1(3)4/h1-3H,(H3,13,14,15,16);(H,2,3,4). The Balaban J connectivity index is 0.000000361. The van der Waals surface area contributed by atoms with Crippen LogP contribution in [-0.4, -0.2) is 25.5 Å². The number of hydrogen-bond donors (Lipinski definition) is 3. The quantitative estimate of drug-likeness (QED) is 0.457. The van der Waals surface area contributed by atoms with Crippen molar-refractivity contribution < 1.29 is 10.3 Å². The van der Waals surface area contributed by atoms with Gasteiger partial charge in [-0.1, -0.05) is 29.3 Å². The number of aromatic amines is 1. The second-order valence-corrected chi connectivity index (χ2v) is 5.48. The Labute approximate surface area is 131 Å². The Bertz CT molecular complexity index is 799. The van der Waals surface area contributed by atoms with Crippen LogP contribution >= 0.6 is 34.5 Å². The highest BCUT2D eigenvalue weighted by Gasteiger charge is 2.16. The zero-order chi connectivity index (χ0) is 15.6. The van der Waals surface area contributed by atoms with Gasteiger partial charge in [-0.2, -0.15) is 4.98 Å². The highest BCUT2D eigenvalue weighted by Crippen LogP contribution is 2.43. The first-order chi connectivity index (χ1) is 9.90. The van der Waals surface area contributed by atoms with Crippen LogP contribution in [0.1, 0.15) is 0 Å². The Morgan fingerprint density at radius 3 is 2.62 bits per heavy atom. The zero-order valence-corrected chi connectivity index (χ0v) is 12.4. The summed E-state index contributed by atoms with van der Waals surface area (Å²) in [7, 11) is 0. The van der Waals surface area contributed by atoms with E-state index in [1.165, 1.54) is 11.3 Å².